The molecule has 0 saturated carbocycles. The molecule has 9 heteroatoms. The molecule has 0 spiro atoms. The highest BCUT2D eigenvalue weighted by molar-refractivity contribution is 8.04. The van der Waals surface area contributed by atoms with E-state index in [9.17, 15) is 26.7 Å². The number of halogens is 5. The highest BCUT2D eigenvalue weighted by Gasteiger charge is 2.36. The fourth-order valence-electron chi connectivity index (χ4n) is 2.19. The van der Waals surface area contributed by atoms with Gasteiger partial charge in [0.25, 0.3) is 0 Å². The number of fused-ring (bicyclic) bond motifs is 1. The molecule has 0 atom stereocenters. The number of benzene rings is 2. The molecule has 1 heterocycles. The lowest BCUT2D eigenvalue weighted by Crippen LogP contribution is -2.16. The Bertz CT molecular complexity index is 925. The Hall–Kier alpha value is -2.55. The summed E-state index contributed by atoms with van der Waals surface area (Å²) in [6, 6.07) is 4.56. The maximum Gasteiger partial charge on any atom is 0.348 e. The minimum absolute atomic E-state index is 0.0267. The molecule has 0 fully saturated rings. The van der Waals surface area contributed by atoms with Crippen molar-refractivity contribution >= 4 is 23.5 Å². The van der Waals surface area contributed by atoms with E-state index in [1.54, 1.807) is 0 Å². The van der Waals surface area contributed by atoms with Crippen LogP contribution in [-0.2, 0) is 9.53 Å². The molecule has 2 aromatic rings. The summed E-state index contributed by atoms with van der Waals surface area (Å²) in [4.78, 5) is 11.1. The van der Waals surface area contributed by atoms with Crippen molar-refractivity contribution in [1.29, 1.82) is 0 Å². The average molecular weight is 388 g/mol. The van der Waals surface area contributed by atoms with Gasteiger partial charge in [0.1, 0.15) is 10.7 Å². The Morgan fingerprint density at radius 1 is 1.00 bits per heavy atom. The highest BCUT2D eigenvalue weighted by Crippen LogP contribution is 2.48. The minimum Gasteiger partial charge on any atom is -0.462 e. The number of carbonyl (C=O) groups excluding carboxylic acids is 1. The van der Waals surface area contributed by atoms with Gasteiger partial charge >= 0.3 is 5.97 Å². The van der Waals surface area contributed by atoms with Crippen molar-refractivity contribution in [3.63, 3.8) is 0 Å². The van der Waals surface area contributed by atoms with Gasteiger partial charge in [0.2, 0.25) is 11.6 Å². The maximum atomic E-state index is 14.0. The smallest absolute Gasteiger partial charge is 0.348 e. The van der Waals surface area contributed by atoms with Gasteiger partial charge in [0, 0.05) is 5.56 Å². The Kier molecular flexibility index (Phi) is 4.90. The highest BCUT2D eigenvalue weighted by atomic mass is 32.2. The molecule has 26 heavy (non-hydrogen) atoms. The lowest BCUT2D eigenvalue weighted by molar-refractivity contribution is -0.137. The fraction of sp³-hybridized carbons (Fsp3) is 0.118. The summed E-state index contributed by atoms with van der Waals surface area (Å²) in [7, 11) is 0. The molecule has 0 N–H and O–H groups in total. The van der Waals surface area contributed by atoms with Crippen molar-refractivity contribution in [1.82, 2.24) is 0 Å². The minimum atomic E-state index is -2.04. The topological polar surface area (TPSA) is 35.5 Å². The predicted octanol–water partition coefficient (Wildman–Crippen LogP) is 4.80. The van der Waals surface area contributed by atoms with Gasteiger partial charge in [0.15, 0.2) is 23.1 Å². The first-order valence-corrected chi connectivity index (χ1v) is 8.05. The molecule has 3 rings (SSSR count). The summed E-state index contributed by atoms with van der Waals surface area (Å²) < 4.78 is 78.2. The van der Waals surface area contributed by atoms with Gasteiger partial charge in [-0.3, -0.25) is 0 Å². The zero-order valence-corrected chi connectivity index (χ0v) is 13.9. The van der Waals surface area contributed by atoms with Gasteiger partial charge in [-0.25, -0.2) is 22.4 Å². The molecule has 0 unspecified atom stereocenters. The zero-order valence-electron chi connectivity index (χ0n) is 13.0. The first-order valence-electron chi connectivity index (χ1n) is 7.24. The van der Waals surface area contributed by atoms with E-state index in [0.717, 1.165) is 12.1 Å². The van der Waals surface area contributed by atoms with Crippen LogP contribution in [0.5, 0.6) is 5.75 Å². The van der Waals surface area contributed by atoms with E-state index in [4.69, 9.17) is 9.47 Å². The number of hydrogen-bond donors (Lipinski definition) is 0. The maximum absolute atomic E-state index is 14.0. The van der Waals surface area contributed by atoms with Crippen LogP contribution in [0.25, 0.3) is 5.76 Å². The van der Waals surface area contributed by atoms with Crippen LogP contribution in [0.2, 0.25) is 0 Å². The van der Waals surface area contributed by atoms with Gasteiger partial charge in [0.05, 0.1) is 11.5 Å². The molecule has 2 aromatic carbocycles. The van der Waals surface area contributed by atoms with Crippen LogP contribution >= 0.6 is 11.8 Å². The van der Waals surface area contributed by atoms with Crippen molar-refractivity contribution < 1.29 is 36.2 Å². The second-order valence-corrected chi connectivity index (χ2v) is 6.02. The number of rotatable bonds is 3. The van der Waals surface area contributed by atoms with E-state index in [1.165, 1.54) is 19.1 Å². The first kappa shape index (κ1) is 18.2. The molecular formula is C17H9F5O3S. The quantitative estimate of drug-likeness (QED) is 0.328. The first-order chi connectivity index (χ1) is 12.3. The van der Waals surface area contributed by atoms with Crippen LogP contribution in [0.1, 0.15) is 12.5 Å². The molecule has 3 nitrogen and oxygen atoms in total. The number of hydrogen-bond acceptors (Lipinski definition) is 4. The van der Waals surface area contributed by atoms with Gasteiger partial charge in [-0.1, -0.05) is 11.8 Å². The lowest BCUT2D eigenvalue weighted by Gasteiger charge is -2.23. The molecule has 0 saturated heterocycles. The molecule has 0 aliphatic carbocycles. The van der Waals surface area contributed by atoms with E-state index < -0.39 is 45.7 Å². The van der Waals surface area contributed by atoms with E-state index in [-0.39, 0.29) is 22.8 Å². The summed E-state index contributed by atoms with van der Waals surface area (Å²) in [5, 5.41) is 0. The largest absolute Gasteiger partial charge is 0.462 e. The van der Waals surface area contributed by atoms with E-state index in [2.05, 4.69) is 0 Å². The Labute approximate surface area is 148 Å². The van der Waals surface area contributed by atoms with Crippen LogP contribution in [0.4, 0.5) is 22.0 Å². The summed E-state index contributed by atoms with van der Waals surface area (Å²) in [6.07, 6.45) is 0. The Morgan fingerprint density at radius 3 is 2.23 bits per heavy atom. The average Bonchev–Trinajstić information content (AvgIpc) is 2.64. The van der Waals surface area contributed by atoms with E-state index in [1.807, 2.05) is 0 Å². The summed E-state index contributed by atoms with van der Waals surface area (Å²) in [5.41, 5.74) is 0.136. The van der Waals surface area contributed by atoms with Crippen LogP contribution < -0.4 is 4.74 Å². The van der Waals surface area contributed by atoms with Crippen molar-refractivity contribution in [2.45, 2.75) is 11.8 Å². The standard InChI is InChI=1S/C17H9F5O3S/c1-2-24-17(23)16-13(7-3-5-8(18)6-4-7)25-14-11(21)9(19)10(20)12(22)15(14)26-16/h3-6H,2H2,1H3. The molecule has 1 aliphatic rings. The fourth-order valence-corrected chi connectivity index (χ4v) is 3.19. The van der Waals surface area contributed by atoms with Crippen LogP contribution in [0.3, 0.4) is 0 Å². The SMILES string of the molecule is CCOC(=O)C1=C(c2ccc(F)cc2)Oc2c(F)c(F)c(F)c(F)c2S1. The number of ether oxygens (including phenoxy) is 2. The van der Waals surface area contributed by atoms with Crippen LogP contribution in [-0.4, -0.2) is 12.6 Å². The van der Waals surface area contributed by atoms with Crippen molar-refractivity contribution in [2.75, 3.05) is 6.61 Å². The third-order valence-electron chi connectivity index (χ3n) is 3.36. The van der Waals surface area contributed by atoms with Crippen LogP contribution in [0, 0.1) is 29.1 Å². The predicted molar refractivity (Wildman–Crippen MR) is 82.7 cm³/mol. The zero-order chi connectivity index (χ0) is 19.0. The Morgan fingerprint density at radius 2 is 1.62 bits per heavy atom. The van der Waals surface area contributed by atoms with Crippen molar-refractivity contribution in [2.24, 2.45) is 0 Å². The van der Waals surface area contributed by atoms with Crippen molar-refractivity contribution in [3.8, 4) is 5.75 Å². The number of carbonyl (C=O) groups is 1. The summed E-state index contributed by atoms with van der Waals surface area (Å²) in [6.45, 7) is 1.49. The number of esters is 1. The Balaban J connectivity index is 2.20. The second kappa shape index (κ2) is 6.99. The van der Waals surface area contributed by atoms with Gasteiger partial charge in [-0.15, -0.1) is 0 Å². The van der Waals surface area contributed by atoms with E-state index in [0.29, 0.717) is 11.8 Å². The van der Waals surface area contributed by atoms with Crippen LogP contribution in [0.15, 0.2) is 34.1 Å². The number of thioether (sulfide) groups is 1. The third-order valence-corrected chi connectivity index (χ3v) is 4.49. The molecule has 0 aromatic heterocycles. The normalized spacial score (nSPS) is 13.3. The third kappa shape index (κ3) is 3.03. The summed E-state index contributed by atoms with van der Waals surface area (Å²) in [5.74, 6) is -10.2. The monoisotopic (exact) mass is 388 g/mol. The van der Waals surface area contributed by atoms with Gasteiger partial charge in [-0.2, -0.15) is 4.39 Å². The lowest BCUT2D eigenvalue weighted by atomic mass is 10.1. The second-order valence-electron chi connectivity index (χ2n) is 5.00. The molecule has 136 valence electrons. The molecule has 0 radical (unpaired) electrons. The van der Waals surface area contributed by atoms with Gasteiger partial charge in [-0.05, 0) is 31.2 Å². The van der Waals surface area contributed by atoms with E-state index >= 15 is 0 Å². The molecule has 0 bridgehead atoms. The molecular weight excluding hydrogens is 379 g/mol. The van der Waals surface area contributed by atoms with Crippen molar-refractivity contribution in [3.05, 3.63) is 63.8 Å². The summed E-state index contributed by atoms with van der Waals surface area (Å²) >= 11 is 0.341. The molecule has 1 aliphatic heterocycles. The van der Waals surface area contributed by atoms with Gasteiger partial charge < -0.3 is 9.47 Å². The molecule has 0 amide bonds.